The third kappa shape index (κ3) is 3.24. The van der Waals surface area contributed by atoms with Gasteiger partial charge in [-0.15, -0.1) is 0 Å². The summed E-state index contributed by atoms with van der Waals surface area (Å²) in [6, 6.07) is 13.7. The van der Waals surface area contributed by atoms with Gasteiger partial charge in [-0.25, -0.2) is 9.37 Å². The summed E-state index contributed by atoms with van der Waals surface area (Å²) in [5, 5.41) is 0. The van der Waals surface area contributed by atoms with Crippen LogP contribution in [-0.2, 0) is 20.9 Å². The Morgan fingerprint density at radius 2 is 1.96 bits per heavy atom. The number of carbonyl (C=O) groups is 2. The molecule has 0 saturated carbocycles. The van der Waals surface area contributed by atoms with Crippen molar-refractivity contribution >= 4 is 28.6 Å². The number of anilines is 1. The van der Waals surface area contributed by atoms with Gasteiger partial charge in [-0.2, -0.15) is 0 Å². The van der Waals surface area contributed by atoms with Gasteiger partial charge in [0.1, 0.15) is 18.2 Å². The predicted octanol–water partition coefficient (Wildman–Crippen LogP) is 3.26. The standard InChI is InChI=1S/C21H20FN3O3/c1-2-28-20(27)13-25-18-10-6-4-8-16(18)23-21(25)14-11-19(26)24(12-14)17-9-5-3-7-15(17)22/h3-10,14H,2,11-13H2,1H3/t14-/m1/s1. The minimum absolute atomic E-state index is 0.0219. The fourth-order valence-electron chi connectivity index (χ4n) is 3.69. The van der Waals surface area contributed by atoms with Gasteiger partial charge in [0.2, 0.25) is 5.91 Å². The average Bonchev–Trinajstić information content (AvgIpc) is 3.23. The number of benzene rings is 2. The van der Waals surface area contributed by atoms with Gasteiger partial charge in [0, 0.05) is 18.9 Å². The van der Waals surface area contributed by atoms with Crippen molar-refractivity contribution in [1.82, 2.24) is 9.55 Å². The summed E-state index contributed by atoms with van der Waals surface area (Å²) < 4.78 is 21.1. The number of fused-ring (bicyclic) bond motifs is 1. The van der Waals surface area contributed by atoms with Crippen molar-refractivity contribution in [1.29, 1.82) is 0 Å². The molecular weight excluding hydrogens is 361 g/mol. The van der Waals surface area contributed by atoms with Crippen LogP contribution in [0, 0.1) is 5.82 Å². The van der Waals surface area contributed by atoms with Gasteiger partial charge in [-0.05, 0) is 31.2 Å². The van der Waals surface area contributed by atoms with Crippen LogP contribution in [0.15, 0.2) is 48.5 Å². The first kappa shape index (κ1) is 18.2. The minimum atomic E-state index is -0.434. The number of aromatic nitrogens is 2. The number of carbonyl (C=O) groups excluding carboxylic acids is 2. The number of halogens is 1. The molecule has 2 aromatic carbocycles. The van der Waals surface area contributed by atoms with Gasteiger partial charge in [0.25, 0.3) is 0 Å². The molecule has 1 saturated heterocycles. The molecule has 2 heterocycles. The molecule has 3 aromatic rings. The van der Waals surface area contributed by atoms with E-state index in [9.17, 15) is 14.0 Å². The highest BCUT2D eigenvalue weighted by Crippen LogP contribution is 2.34. The van der Waals surface area contributed by atoms with E-state index in [1.54, 1.807) is 29.7 Å². The number of esters is 1. The molecular formula is C21H20FN3O3. The Bertz CT molecular complexity index is 1050. The van der Waals surface area contributed by atoms with Crippen molar-refractivity contribution in [2.45, 2.75) is 25.8 Å². The second-order valence-corrected chi connectivity index (χ2v) is 6.71. The average molecular weight is 381 g/mol. The number of imidazole rings is 1. The highest BCUT2D eigenvalue weighted by molar-refractivity contribution is 5.96. The van der Waals surface area contributed by atoms with Gasteiger partial charge < -0.3 is 14.2 Å². The fourth-order valence-corrected chi connectivity index (χ4v) is 3.69. The van der Waals surface area contributed by atoms with Crippen LogP contribution in [0.3, 0.4) is 0 Å². The van der Waals surface area contributed by atoms with E-state index in [0.717, 1.165) is 11.0 Å². The molecule has 4 rings (SSSR count). The molecule has 0 N–H and O–H groups in total. The Balaban J connectivity index is 1.70. The molecule has 144 valence electrons. The maximum absolute atomic E-state index is 14.2. The Labute approximate surface area is 161 Å². The molecule has 6 nitrogen and oxygen atoms in total. The highest BCUT2D eigenvalue weighted by atomic mass is 19.1. The van der Waals surface area contributed by atoms with Crippen molar-refractivity contribution in [2.75, 3.05) is 18.1 Å². The second-order valence-electron chi connectivity index (χ2n) is 6.71. The summed E-state index contributed by atoms with van der Waals surface area (Å²) >= 11 is 0. The number of amides is 1. The summed E-state index contributed by atoms with van der Waals surface area (Å²) in [6.07, 6.45) is 0.209. The minimum Gasteiger partial charge on any atom is -0.465 e. The Kier molecular flexibility index (Phi) is 4.81. The molecule has 1 aromatic heterocycles. The molecule has 0 aliphatic carbocycles. The first-order chi connectivity index (χ1) is 13.6. The number of hydrogen-bond donors (Lipinski definition) is 0. The SMILES string of the molecule is CCOC(=O)Cn1c([C@@H]2CC(=O)N(c3ccccc3F)C2)nc2ccccc21. The zero-order chi connectivity index (χ0) is 19.7. The van der Waals surface area contributed by atoms with E-state index in [1.165, 1.54) is 11.0 Å². The van der Waals surface area contributed by atoms with Gasteiger partial charge >= 0.3 is 5.97 Å². The monoisotopic (exact) mass is 381 g/mol. The van der Waals surface area contributed by atoms with E-state index in [-0.39, 0.29) is 36.4 Å². The van der Waals surface area contributed by atoms with Gasteiger partial charge in [0.05, 0.1) is 23.3 Å². The summed E-state index contributed by atoms with van der Waals surface area (Å²) in [7, 11) is 0. The molecule has 0 unspecified atom stereocenters. The van der Waals surface area contributed by atoms with Gasteiger partial charge in [0.15, 0.2) is 0 Å². The molecule has 0 spiro atoms. The van der Waals surface area contributed by atoms with Crippen molar-refractivity contribution in [3.63, 3.8) is 0 Å². The van der Waals surface area contributed by atoms with Crippen molar-refractivity contribution in [3.8, 4) is 0 Å². The van der Waals surface area contributed by atoms with Crippen molar-refractivity contribution in [2.24, 2.45) is 0 Å². The van der Waals surface area contributed by atoms with E-state index < -0.39 is 5.82 Å². The number of nitrogens with zero attached hydrogens (tertiary/aromatic N) is 3. The lowest BCUT2D eigenvalue weighted by Crippen LogP contribution is -2.25. The number of para-hydroxylation sites is 3. The van der Waals surface area contributed by atoms with Crippen LogP contribution in [0.4, 0.5) is 10.1 Å². The molecule has 1 amide bonds. The maximum Gasteiger partial charge on any atom is 0.326 e. The van der Waals surface area contributed by atoms with Crippen LogP contribution in [0.1, 0.15) is 25.1 Å². The number of hydrogen-bond acceptors (Lipinski definition) is 4. The molecule has 7 heteroatoms. The van der Waals surface area contributed by atoms with Crippen molar-refractivity contribution < 1.29 is 18.7 Å². The van der Waals surface area contributed by atoms with E-state index in [1.807, 2.05) is 24.3 Å². The van der Waals surface area contributed by atoms with Crippen LogP contribution in [0.2, 0.25) is 0 Å². The predicted molar refractivity (Wildman–Crippen MR) is 102 cm³/mol. The highest BCUT2D eigenvalue weighted by Gasteiger charge is 2.36. The molecule has 28 heavy (non-hydrogen) atoms. The second kappa shape index (κ2) is 7.42. The van der Waals surface area contributed by atoms with E-state index in [4.69, 9.17) is 4.74 Å². The molecule has 1 aliphatic rings. The zero-order valence-corrected chi connectivity index (χ0v) is 15.5. The van der Waals surface area contributed by atoms with E-state index in [0.29, 0.717) is 19.0 Å². The van der Waals surface area contributed by atoms with Gasteiger partial charge in [-0.1, -0.05) is 24.3 Å². The topological polar surface area (TPSA) is 64.4 Å². The van der Waals surface area contributed by atoms with Gasteiger partial charge in [-0.3, -0.25) is 9.59 Å². The van der Waals surface area contributed by atoms with Crippen LogP contribution in [0.5, 0.6) is 0 Å². The molecule has 1 atom stereocenters. The number of rotatable bonds is 5. The smallest absolute Gasteiger partial charge is 0.326 e. The van der Waals surface area contributed by atoms with Crippen LogP contribution >= 0.6 is 0 Å². The third-order valence-corrected chi connectivity index (χ3v) is 4.91. The fraction of sp³-hybridized carbons (Fsp3) is 0.286. The largest absolute Gasteiger partial charge is 0.465 e. The lowest BCUT2D eigenvalue weighted by molar-refractivity contribution is -0.143. The molecule has 1 fully saturated rings. The van der Waals surface area contributed by atoms with Crippen LogP contribution in [-0.4, -0.2) is 34.6 Å². The Morgan fingerprint density at radius 1 is 1.21 bits per heavy atom. The summed E-state index contributed by atoms with van der Waals surface area (Å²) in [5.41, 5.74) is 1.82. The normalized spacial score (nSPS) is 16.7. The maximum atomic E-state index is 14.2. The quantitative estimate of drug-likeness (QED) is 0.637. The third-order valence-electron chi connectivity index (χ3n) is 4.91. The Morgan fingerprint density at radius 3 is 2.75 bits per heavy atom. The molecule has 1 aliphatic heterocycles. The number of ether oxygens (including phenoxy) is 1. The first-order valence-electron chi connectivity index (χ1n) is 9.24. The van der Waals surface area contributed by atoms with Crippen LogP contribution in [0.25, 0.3) is 11.0 Å². The van der Waals surface area contributed by atoms with Crippen molar-refractivity contribution in [3.05, 3.63) is 60.2 Å². The molecule has 0 radical (unpaired) electrons. The van der Waals surface area contributed by atoms with E-state index >= 15 is 0 Å². The lowest BCUT2D eigenvalue weighted by Gasteiger charge is -2.17. The lowest BCUT2D eigenvalue weighted by atomic mass is 10.1. The summed E-state index contributed by atoms with van der Waals surface area (Å²) in [4.78, 5) is 30.8. The van der Waals surface area contributed by atoms with Crippen LogP contribution < -0.4 is 4.90 Å². The Hall–Kier alpha value is -3.22. The summed E-state index contributed by atoms with van der Waals surface area (Å²) in [6.45, 7) is 2.39. The zero-order valence-electron chi connectivity index (χ0n) is 15.5. The summed E-state index contributed by atoms with van der Waals surface area (Å²) in [5.74, 6) is -0.557. The van der Waals surface area contributed by atoms with E-state index in [2.05, 4.69) is 4.98 Å². The first-order valence-corrected chi connectivity index (χ1v) is 9.24. The molecule has 0 bridgehead atoms.